The van der Waals surface area contributed by atoms with Crippen molar-refractivity contribution >= 4 is 16.5 Å². The largest absolute Gasteiger partial charge is 0.390 e. The number of fused-ring (bicyclic) bond motifs is 2. The molecule has 2 aliphatic rings. The van der Waals surface area contributed by atoms with E-state index in [1.807, 2.05) is 5.38 Å². The van der Waals surface area contributed by atoms with Gasteiger partial charge in [0.1, 0.15) is 0 Å². The third kappa shape index (κ3) is 1.75. The summed E-state index contributed by atoms with van der Waals surface area (Å²) in [5.74, 6) is 0. The molecule has 2 atom stereocenters. The Balaban J connectivity index is 1.77. The Kier molecular flexibility index (Phi) is 2.38. The fourth-order valence-corrected chi connectivity index (χ4v) is 3.12. The van der Waals surface area contributed by atoms with Crippen molar-refractivity contribution in [2.75, 3.05) is 18.0 Å². The van der Waals surface area contributed by atoms with Gasteiger partial charge in [0, 0.05) is 18.5 Å². The molecule has 2 saturated heterocycles. The van der Waals surface area contributed by atoms with Crippen LogP contribution in [0.15, 0.2) is 5.38 Å². The summed E-state index contributed by atoms with van der Waals surface area (Å²) in [6.45, 7) is 1.94. The highest BCUT2D eigenvalue weighted by atomic mass is 32.1. The average Bonchev–Trinajstić information content (AvgIpc) is 2.85. The van der Waals surface area contributed by atoms with Crippen LogP contribution in [0.3, 0.4) is 0 Å². The van der Waals surface area contributed by atoms with Crippen molar-refractivity contribution < 1.29 is 9.84 Å². The smallest absolute Gasteiger partial charge is 0.185 e. The van der Waals surface area contributed by atoms with Crippen LogP contribution in [0, 0.1) is 0 Å². The van der Waals surface area contributed by atoms with Crippen molar-refractivity contribution in [3.05, 3.63) is 11.1 Å². The van der Waals surface area contributed by atoms with Crippen molar-refractivity contribution in [1.29, 1.82) is 0 Å². The van der Waals surface area contributed by atoms with E-state index in [2.05, 4.69) is 9.88 Å². The first-order valence-corrected chi connectivity index (χ1v) is 6.19. The van der Waals surface area contributed by atoms with Crippen molar-refractivity contribution in [3.63, 3.8) is 0 Å². The molecule has 4 nitrogen and oxygen atoms in total. The lowest BCUT2D eigenvalue weighted by Crippen LogP contribution is -2.42. The van der Waals surface area contributed by atoms with Gasteiger partial charge in [0.05, 0.1) is 24.5 Å². The monoisotopic (exact) mass is 226 g/mol. The van der Waals surface area contributed by atoms with E-state index in [1.165, 1.54) is 12.8 Å². The Morgan fingerprint density at radius 2 is 2.20 bits per heavy atom. The summed E-state index contributed by atoms with van der Waals surface area (Å²) in [5.41, 5.74) is 0.772. The van der Waals surface area contributed by atoms with Gasteiger partial charge in [0.15, 0.2) is 5.13 Å². The lowest BCUT2D eigenvalue weighted by atomic mass is 10.2. The van der Waals surface area contributed by atoms with Crippen LogP contribution in [0.2, 0.25) is 0 Å². The molecule has 3 heterocycles. The van der Waals surface area contributed by atoms with E-state index in [1.54, 1.807) is 11.3 Å². The highest BCUT2D eigenvalue weighted by Crippen LogP contribution is 2.31. The molecule has 2 fully saturated rings. The molecule has 1 N–H and O–H groups in total. The number of aromatic nitrogens is 1. The fourth-order valence-electron chi connectivity index (χ4n) is 2.29. The van der Waals surface area contributed by atoms with Crippen LogP contribution in [0.5, 0.6) is 0 Å². The van der Waals surface area contributed by atoms with E-state index in [0.717, 1.165) is 23.9 Å². The first kappa shape index (κ1) is 9.57. The van der Waals surface area contributed by atoms with E-state index in [9.17, 15) is 0 Å². The van der Waals surface area contributed by atoms with Gasteiger partial charge in [0.25, 0.3) is 0 Å². The number of ether oxygens (including phenoxy) is 1. The lowest BCUT2D eigenvalue weighted by molar-refractivity contribution is 0.0304. The molecule has 15 heavy (non-hydrogen) atoms. The van der Waals surface area contributed by atoms with E-state index >= 15 is 0 Å². The highest BCUT2D eigenvalue weighted by molar-refractivity contribution is 7.13. The molecule has 0 amide bonds. The second-order valence-electron chi connectivity index (χ2n) is 4.14. The molecule has 3 rings (SSSR count). The minimum absolute atomic E-state index is 0.0354. The number of morpholine rings is 1. The zero-order valence-corrected chi connectivity index (χ0v) is 9.24. The molecule has 2 unspecified atom stereocenters. The maximum absolute atomic E-state index is 8.97. The van der Waals surface area contributed by atoms with Crippen molar-refractivity contribution in [3.8, 4) is 0 Å². The first-order chi connectivity index (χ1) is 7.35. The number of nitrogens with zero attached hydrogens (tertiary/aromatic N) is 2. The second-order valence-corrected chi connectivity index (χ2v) is 4.98. The van der Waals surface area contributed by atoms with Crippen LogP contribution >= 0.6 is 11.3 Å². The minimum atomic E-state index is 0.0354. The van der Waals surface area contributed by atoms with E-state index in [-0.39, 0.29) is 6.61 Å². The van der Waals surface area contributed by atoms with Crippen molar-refractivity contribution in [2.45, 2.75) is 31.7 Å². The average molecular weight is 226 g/mol. The molecule has 0 saturated carbocycles. The van der Waals surface area contributed by atoms with E-state index in [4.69, 9.17) is 9.84 Å². The Bertz CT molecular complexity index is 343. The standard InChI is InChI=1S/C10H14N2O2S/c13-5-7-6-15-10(11-7)12-3-8-1-2-9(4-12)14-8/h6,8-9,13H,1-5H2. The zero-order valence-electron chi connectivity index (χ0n) is 8.43. The molecule has 2 bridgehead atoms. The predicted octanol–water partition coefficient (Wildman–Crippen LogP) is 1.00. The normalized spacial score (nSPS) is 29.8. The van der Waals surface area contributed by atoms with Crippen LogP contribution < -0.4 is 4.90 Å². The van der Waals surface area contributed by atoms with Crippen LogP contribution in [-0.2, 0) is 11.3 Å². The molecule has 1 aromatic heterocycles. The van der Waals surface area contributed by atoms with E-state index in [0.29, 0.717) is 12.2 Å². The van der Waals surface area contributed by atoms with Crippen LogP contribution in [0.4, 0.5) is 5.13 Å². The van der Waals surface area contributed by atoms with Gasteiger partial charge >= 0.3 is 0 Å². The minimum Gasteiger partial charge on any atom is -0.390 e. The third-order valence-corrected chi connectivity index (χ3v) is 3.97. The lowest BCUT2D eigenvalue weighted by Gasteiger charge is -2.31. The Hall–Kier alpha value is -0.650. The molecule has 0 aromatic carbocycles. The van der Waals surface area contributed by atoms with Gasteiger partial charge < -0.3 is 14.7 Å². The van der Waals surface area contributed by atoms with E-state index < -0.39 is 0 Å². The topological polar surface area (TPSA) is 45.6 Å². The summed E-state index contributed by atoms with van der Waals surface area (Å²) in [6, 6.07) is 0. The Morgan fingerprint density at radius 3 is 2.80 bits per heavy atom. The van der Waals surface area contributed by atoms with Crippen molar-refractivity contribution in [1.82, 2.24) is 4.98 Å². The Morgan fingerprint density at radius 1 is 1.47 bits per heavy atom. The molecular weight excluding hydrogens is 212 g/mol. The van der Waals surface area contributed by atoms with Gasteiger partial charge in [-0.25, -0.2) is 4.98 Å². The highest BCUT2D eigenvalue weighted by Gasteiger charge is 2.34. The summed E-state index contributed by atoms with van der Waals surface area (Å²) < 4.78 is 5.77. The number of aliphatic hydroxyl groups excluding tert-OH is 1. The number of hydrogen-bond acceptors (Lipinski definition) is 5. The number of rotatable bonds is 2. The van der Waals surface area contributed by atoms with Crippen LogP contribution in [-0.4, -0.2) is 35.4 Å². The molecule has 0 spiro atoms. The summed E-state index contributed by atoms with van der Waals surface area (Å²) in [6.07, 6.45) is 3.15. The molecule has 0 radical (unpaired) electrons. The summed E-state index contributed by atoms with van der Waals surface area (Å²) >= 11 is 1.61. The summed E-state index contributed by atoms with van der Waals surface area (Å²) in [5, 5.41) is 11.9. The SMILES string of the molecule is OCc1csc(N2CC3CCC(C2)O3)n1. The number of thiazole rings is 1. The maximum Gasteiger partial charge on any atom is 0.185 e. The first-order valence-electron chi connectivity index (χ1n) is 5.31. The molecule has 1 aromatic rings. The number of aliphatic hydroxyl groups is 1. The van der Waals surface area contributed by atoms with Gasteiger partial charge in [0.2, 0.25) is 0 Å². The molecule has 2 aliphatic heterocycles. The second kappa shape index (κ2) is 3.73. The number of anilines is 1. The molecule has 82 valence electrons. The third-order valence-electron chi connectivity index (χ3n) is 3.02. The predicted molar refractivity (Wildman–Crippen MR) is 58.1 cm³/mol. The van der Waals surface area contributed by atoms with Crippen molar-refractivity contribution in [2.24, 2.45) is 0 Å². The maximum atomic E-state index is 8.97. The van der Waals surface area contributed by atoms with Crippen LogP contribution in [0.1, 0.15) is 18.5 Å². The van der Waals surface area contributed by atoms with Gasteiger partial charge in [-0.3, -0.25) is 0 Å². The molecule has 5 heteroatoms. The molecule has 0 aliphatic carbocycles. The fraction of sp³-hybridized carbons (Fsp3) is 0.700. The van der Waals surface area contributed by atoms with Gasteiger partial charge in [-0.15, -0.1) is 11.3 Å². The zero-order chi connectivity index (χ0) is 10.3. The summed E-state index contributed by atoms with van der Waals surface area (Å²) in [4.78, 5) is 6.68. The van der Waals surface area contributed by atoms with Gasteiger partial charge in [-0.1, -0.05) is 0 Å². The summed E-state index contributed by atoms with van der Waals surface area (Å²) in [7, 11) is 0. The van der Waals surface area contributed by atoms with Crippen LogP contribution in [0.25, 0.3) is 0 Å². The number of hydrogen-bond donors (Lipinski definition) is 1. The quantitative estimate of drug-likeness (QED) is 0.817. The van der Waals surface area contributed by atoms with Gasteiger partial charge in [-0.05, 0) is 12.8 Å². The Labute approximate surface area is 92.5 Å². The van der Waals surface area contributed by atoms with Gasteiger partial charge in [-0.2, -0.15) is 0 Å². The molecular formula is C10H14N2O2S.